The Morgan fingerprint density at radius 1 is 1.32 bits per heavy atom. The monoisotopic (exact) mass is 386 g/mol. The van der Waals surface area contributed by atoms with Gasteiger partial charge in [0.2, 0.25) is 0 Å². The number of primary amides is 1. The number of phenols is 1. The SMILES string of the molecule is Cc1ccc(C(N)=O)c(O)c1[C@]12CCN(CC3CC3)C(C)[C@]1(O)CCC(=O)C2. The van der Waals surface area contributed by atoms with Gasteiger partial charge < -0.3 is 15.9 Å². The number of hydrogen-bond donors (Lipinski definition) is 3. The van der Waals surface area contributed by atoms with Crippen molar-refractivity contribution in [1.82, 2.24) is 4.90 Å². The third-order valence-electron chi connectivity index (χ3n) is 7.50. The van der Waals surface area contributed by atoms with Crippen LogP contribution in [0.5, 0.6) is 5.75 Å². The van der Waals surface area contributed by atoms with Gasteiger partial charge >= 0.3 is 0 Å². The first-order valence-electron chi connectivity index (χ1n) is 10.3. The van der Waals surface area contributed by atoms with E-state index in [2.05, 4.69) is 4.90 Å². The summed E-state index contributed by atoms with van der Waals surface area (Å²) < 4.78 is 0. The van der Waals surface area contributed by atoms with Crippen molar-refractivity contribution in [3.63, 3.8) is 0 Å². The number of amides is 1. The van der Waals surface area contributed by atoms with Gasteiger partial charge in [0.1, 0.15) is 11.5 Å². The van der Waals surface area contributed by atoms with Crippen molar-refractivity contribution in [1.29, 1.82) is 0 Å². The molecule has 4 N–H and O–H groups in total. The zero-order valence-electron chi connectivity index (χ0n) is 16.7. The molecule has 1 heterocycles. The van der Waals surface area contributed by atoms with Crippen molar-refractivity contribution < 1.29 is 19.8 Å². The summed E-state index contributed by atoms with van der Waals surface area (Å²) in [7, 11) is 0. The fraction of sp³-hybridized carbons (Fsp3) is 0.636. The maximum Gasteiger partial charge on any atom is 0.252 e. The molecule has 1 aromatic rings. The largest absolute Gasteiger partial charge is 0.507 e. The summed E-state index contributed by atoms with van der Waals surface area (Å²) in [5, 5.41) is 23.0. The zero-order chi connectivity index (χ0) is 20.3. The lowest BCUT2D eigenvalue weighted by Crippen LogP contribution is -2.70. The fourth-order valence-corrected chi connectivity index (χ4v) is 5.70. The van der Waals surface area contributed by atoms with Gasteiger partial charge in [0.15, 0.2) is 0 Å². The normalized spacial score (nSPS) is 33.5. The molecule has 6 nitrogen and oxygen atoms in total. The zero-order valence-corrected chi connectivity index (χ0v) is 16.7. The molecule has 152 valence electrons. The van der Waals surface area contributed by atoms with Crippen LogP contribution < -0.4 is 5.73 Å². The van der Waals surface area contributed by atoms with Gasteiger partial charge in [-0.05, 0) is 63.6 Å². The summed E-state index contributed by atoms with van der Waals surface area (Å²) in [6.07, 6.45) is 3.95. The molecule has 6 heteroatoms. The average Bonchev–Trinajstić information content (AvgIpc) is 3.44. The molecule has 1 aliphatic heterocycles. The van der Waals surface area contributed by atoms with E-state index in [1.54, 1.807) is 6.07 Å². The number of nitrogens with zero attached hydrogens (tertiary/aromatic N) is 1. The van der Waals surface area contributed by atoms with Crippen molar-refractivity contribution in [3.05, 3.63) is 28.8 Å². The van der Waals surface area contributed by atoms with Gasteiger partial charge in [-0.2, -0.15) is 0 Å². The number of ketones is 1. The first kappa shape index (κ1) is 19.4. The molecule has 0 aromatic heterocycles. The first-order chi connectivity index (χ1) is 13.2. The number of aryl methyl sites for hydroxylation is 1. The number of benzene rings is 1. The lowest BCUT2D eigenvalue weighted by atomic mass is 9.52. The van der Waals surface area contributed by atoms with Crippen LogP contribution in [0.15, 0.2) is 12.1 Å². The highest BCUT2D eigenvalue weighted by Gasteiger charge is 2.62. The van der Waals surface area contributed by atoms with Crippen LogP contribution in [-0.2, 0) is 10.2 Å². The highest BCUT2D eigenvalue weighted by atomic mass is 16.3. The van der Waals surface area contributed by atoms with E-state index in [0.717, 1.165) is 18.7 Å². The van der Waals surface area contributed by atoms with Crippen LogP contribution >= 0.6 is 0 Å². The van der Waals surface area contributed by atoms with E-state index in [0.29, 0.717) is 30.7 Å². The van der Waals surface area contributed by atoms with Gasteiger partial charge in [-0.25, -0.2) is 0 Å². The van der Waals surface area contributed by atoms with E-state index in [1.807, 2.05) is 13.8 Å². The molecule has 1 amide bonds. The van der Waals surface area contributed by atoms with Crippen LogP contribution in [0.2, 0.25) is 0 Å². The molecule has 28 heavy (non-hydrogen) atoms. The van der Waals surface area contributed by atoms with Gasteiger partial charge in [0, 0.05) is 36.4 Å². The number of likely N-dealkylation sites (tertiary alicyclic amines) is 1. The van der Waals surface area contributed by atoms with Crippen LogP contribution in [0.4, 0.5) is 0 Å². The average molecular weight is 386 g/mol. The second-order valence-corrected chi connectivity index (χ2v) is 9.10. The Balaban J connectivity index is 1.86. The maximum absolute atomic E-state index is 12.6. The van der Waals surface area contributed by atoms with Crippen molar-refractivity contribution in [2.45, 2.75) is 69.4 Å². The predicted molar refractivity (Wildman–Crippen MR) is 105 cm³/mol. The quantitative estimate of drug-likeness (QED) is 0.734. The Kier molecular flexibility index (Phi) is 4.55. The number of rotatable bonds is 4. The molecule has 0 radical (unpaired) electrons. The summed E-state index contributed by atoms with van der Waals surface area (Å²) in [6, 6.07) is 3.14. The van der Waals surface area contributed by atoms with E-state index in [-0.39, 0.29) is 29.6 Å². The minimum atomic E-state index is -1.15. The highest BCUT2D eigenvalue weighted by molar-refractivity contribution is 5.96. The first-order valence-corrected chi connectivity index (χ1v) is 10.3. The number of piperidine rings is 1. The lowest BCUT2D eigenvalue weighted by molar-refractivity contribution is -0.165. The number of carbonyl (C=O) groups excluding carboxylic acids is 2. The Bertz CT molecular complexity index is 834. The summed E-state index contributed by atoms with van der Waals surface area (Å²) in [6.45, 7) is 5.62. The van der Waals surface area contributed by atoms with E-state index >= 15 is 0 Å². The number of nitrogens with two attached hydrogens (primary N) is 1. The minimum Gasteiger partial charge on any atom is -0.507 e. The van der Waals surface area contributed by atoms with Gasteiger partial charge in [-0.1, -0.05) is 6.07 Å². The second kappa shape index (κ2) is 6.56. The number of carbonyl (C=O) groups is 2. The fourth-order valence-electron chi connectivity index (χ4n) is 5.70. The molecule has 3 aliphatic rings. The number of aromatic hydroxyl groups is 1. The number of hydrogen-bond acceptors (Lipinski definition) is 5. The Morgan fingerprint density at radius 2 is 2.04 bits per heavy atom. The molecule has 3 fully saturated rings. The molecule has 1 saturated heterocycles. The van der Waals surface area contributed by atoms with Gasteiger partial charge in [0.05, 0.1) is 11.2 Å². The Labute approximate surface area is 165 Å². The molecular formula is C22H30N2O4. The van der Waals surface area contributed by atoms with E-state index in [4.69, 9.17) is 5.73 Å². The summed E-state index contributed by atoms with van der Waals surface area (Å²) >= 11 is 0. The second-order valence-electron chi connectivity index (χ2n) is 9.10. The molecule has 2 saturated carbocycles. The standard InChI is InChI=1S/C22H30N2O4/c1-13-3-6-17(20(23)27)19(26)18(13)21-9-10-24(12-15-4-5-15)14(2)22(21,28)8-7-16(25)11-21/h3,6,14-15,26,28H,4-5,7-12H2,1-2H3,(H2,23,27)/t14?,21-,22-/m1/s1. The van der Waals surface area contributed by atoms with Crippen molar-refractivity contribution in [3.8, 4) is 5.75 Å². The summed E-state index contributed by atoms with van der Waals surface area (Å²) in [5.74, 6) is -0.0867. The van der Waals surface area contributed by atoms with Gasteiger partial charge in [-0.15, -0.1) is 0 Å². The van der Waals surface area contributed by atoms with E-state index in [9.17, 15) is 19.8 Å². The molecule has 0 bridgehead atoms. The smallest absolute Gasteiger partial charge is 0.252 e. The molecule has 3 atom stereocenters. The minimum absolute atomic E-state index is 0.0448. The summed E-state index contributed by atoms with van der Waals surface area (Å²) in [4.78, 5) is 26.7. The number of fused-ring (bicyclic) bond motifs is 1. The molecule has 0 spiro atoms. The predicted octanol–water partition coefficient (Wildman–Crippen LogP) is 2.03. The highest BCUT2D eigenvalue weighted by Crippen LogP contribution is 2.56. The number of aliphatic hydroxyl groups is 1. The third-order valence-corrected chi connectivity index (χ3v) is 7.50. The van der Waals surface area contributed by atoms with E-state index in [1.165, 1.54) is 18.9 Å². The van der Waals surface area contributed by atoms with Crippen molar-refractivity contribution in [2.24, 2.45) is 11.7 Å². The van der Waals surface area contributed by atoms with Crippen LogP contribution in [0.25, 0.3) is 0 Å². The molecule has 1 aromatic carbocycles. The molecule has 4 rings (SSSR count). The van der Waals surface area contributed by atoms with E-state index < -0.39 is 16.9 Å². The molecule has 2 aliphatic carbocycles. The Morgan fingerprint density at radius 3 is 2.68 bits per heavy atom. The molecular weight excluding hydrogens is 356 g/mol. The summed E-state index contributed by atoms with van der Waals surface area (Å²) in [5.41, 5.74) is 4.76. The third kappa shape index (κ3) is 2.77. The lowest BCUT2D eigenvalue weighted by Gasteiger charge is -2.60. The Hall–Kier alpha value is -1.92. The maximum atomic E-state index is 12.6. The topological polar surface area (TPSA) is 104 Å². The van der Waals surface area contributed by atoms with Crippen LogP contribution in [-0.4, -0.2) is 51.5 Å². The van der Waals surface area contributed by atoms with Crippen molar-refractivity contribution >= 4 is 11.7 Å². The van der Waals surface area contributed by atoms with Crippen LogP contribution in [0.1, 0.15) is 66.9 Å². The van der Waals surface area contributed by atoms with Crippen LogP contribution in [0.3, 0.4) is 0 Å². The van der Waals surface area contributed by atoms with Gasteiger partial charge in [0.25, 0.3) is 5.91 Å². The molecule has 1 unspecified atom stereocenters. The number of Topliss-reactive ketones (excluding diaryl/α,β-unsaturated/α-hetero) is 1. The van der Waals surface area contributed by atoms with Crippen molar-refractivity contribution in [2.75, 3.05) is 13.1 Å². The van der Waals surface area contributed by atoms with Gasteiger partial charge in [-0.3, -0.25) is 14.5 Å². The van der Waals surface area contributed by atoms with Crippen LogP contribution in [0, 0.1) is 12.8 Å².